The molecular formula is C18H13ClF2N2O3. The minimum atomic E-state index is -0.846. The quantitative estimate of drug-likeness (QED) is 0.676. The van der Waals surface area contributed by atoms with Crippen molar-refractivity contribution in [1.82, 2.24) is 4.98 Å². The minimum absolute atomic E-state index is 0.0241. The number of esters is 1. The second kappa shape index (κ2) is 7.13. The van der Waals surface area contributed by atoms with Gasteiger partial charge < -0.3 is 15.0 Å². The van der Waals surface area contributed by atoms with Gasteiger partial charge in [0.2, 0.25) is 0 Å². The van der Waals surface area contributed by atoms with Crippen molar-refractivity contribution in [2.24, 2.45) is 0 Å². The van der Waals surface area contributed by atoms with Gasteiger partial charge in [-0.25, -0.2) is 13.6 Å². The van der Waals surface area contributed by atoms with Crippen LogP contribution in [-0.2, 0) is 11.3 Å². The number of aromatic amines is 1. The van der Waals surface area contributed by atoms with E-state index in [0.717, 1.165) is 25.3 Å². The maximum atomic E-state index is 13.4. The lowest BCUT2D eigenvalue weighted by Crippen LogP contribution is -2.22. The number of rotatable bonds is 4. The van der Waals surface area contributed by atoms with E-state index in [0.29, 0.717) is 21.5 Å². The summed E-state index contributed by atoms with van der Waals surface area (Å²) in [5.74, 6) is -2.30. The molecule has 0 saturated heterocycles. The molecule has 2 N–H and O–H groups in total. The van der Waals surface area contributed by atoms with Gasteiger partial charge in [0.15, 0.2) is 0 Å². The monoisotopic (exact) mass is 378 g/mol. The molecule has 8 heteroatoms. The highest BCUT2D eigenvalue weighted by atomic mass is 35.5. The second-order valence-electron chi connectivity index (χ2n) is 5.52. The molecule has 0 atom stereocenters. The number of nitrogens with one attached hydrogen (secondary N) is 2. The third kappa shape index (κ3) is 3.52. The first-order chi connectivity index (χ1) is 12.4. The number of ether oxygens (including phenoxy) is 1. The smallest absolute Gasteiger partial charge is 0.345 e. The Morgan fingerprint density at radius 1 is 1.19 bits per heavy atom. The predicted octanol–water partition coefficient (Wildman–Crippen LogP) is 3.86. The number of H-pyrrole nitrogens is 1. The van der Waals surface area contributed by atoms with Crippen LogP contribution in [0.25, 0.3) is 10.9 Å². The number of halogens is 3. The Labute approximate surface area is 151 Å². The zero-order valence-corrected chi connectivity index (χ0v) is 14.3. The van der Waals surface area contributed by atoms with E-state index >= 15 is 0 Å². The fourth-order valence-electron chi connectivity index (χ4n) is 2.65. The largest absolute Gasteiger partial charge is 0.465 e. The number of carbonyl (C=O) groups excluding carboxylic acids is 1. The Kier molecular flexibility index (Phi) is 4.90. The van der Waals surface area contributed by atoms with Crippen LogP contribution in [0.4, 0.5) is 14.5 Å². The highest BCUT2D eigenvalue weighted by Crippen LogP contribution is 2.27. The molecule has 5 nitrogen and oxygen atoms in total. The van der Waals surface area contributed by atoms with E-state index in [-0.39, 0.29) is 17.8 Å². The van der Waals surface area contributed by atoms with E-state index in [9.17, 15) is 18.4 Å². The lowest BCUT2D eigenvalue weighted by molar-refractivity contribution is 0.0600. The van der Waals surface area contributed by atoms with E-state index in [1.54, 1.807) is 18.2 Å². The van der Waals surface area contributed by atoms with E-state index in [1.165, 1.54) is 0 Å². The summed E-state index contributed by atoms with van der Waals surface area (Å²) in [7, 11) is 1.15. The molecule has 0 fully saturated rings. The van der Waals surface area contributed by atoms with Gasteiger partial charge >= 0.3 is 5.97 Å². The standard InChI is InChI=1S/C18H13ClF2N2O3/c1-26-18(25)15-16(22-8-9-4-11(20)7-12(21)5-9)13-6-10(19)2-3-14(13)23-17(15)24/h2-7H,8H2,1H3,(H2,22,23,24). The minimum Gasteiger partial charge on any atom is -0.465 e. The van der Waals surface area contributed by atoms with Crippen molar-refractivity contribution < 1.29 is 18.3 Å². The van der Waals surface area contributed by atoms with Crippen LogP contribution in [0.15, 0.2) is 41.2 Å². The van der Waals surface area contributed by atoms with Crippen LogP contribution in [0.2, 0.25) is 5.02 Å². The summed E-state index contributed by atoms with van der Waals surface area (Å²) in [6.45, 7) is -0.0241. The number of carbonyl (C=O) groups is 1. The molecule has 0 radical (unpaired) electrons. The molecule has 26 heavy (non-hydrogen) atoms. The number of benzene rings is 2. The molecule has 1 heterocycles. The molecule has 0 aliphatic heterocycles. The molecule has 0 aliphatic carbocycles. The van der Waals surface area contributed by atoms with Crippen LogP contribution < -0.4 is 10.9 Å². The summed E-state index contributed by atoms with van der Waals surface area (Å²) in [4.78, 5) is 27.0. The Morgan fingerprint density at radius 2 is 1.88 bits per heavy atom. The summed E-state index contributed by atoms with van der Waals surface area (Å²) in [5.41, 5.74) is 0.00950. The fraction of sp³-hybridized carbons (Fsp3) is 0.111. The molecular weight excluding hydrogens is 366 g/mol. The molecule has 0 aliphatic rings. The molecule has 134 valence electrons. The summed E-state index contributed by atoms with van der Waals surface area (Å²) in [6, 6.07) is 7.79. The van der Waals surface area contributed by atoms with Crippen LogP contribution in [0, 0.1) is 11.6 Å². The van der Waals surface area contributed by atoms with Crippen LogP contribution in [0.1, 0.15) is 15.9 Å². The van der Waals surface area contributed by atoms with Crippen molar-refractivity contribution >= 4 is 34.2 Å². The number of aromatic nitrogens is 1. The lowest BCUT2D eigenvalue weighted by Gasteiger charge is -2.14. The van der Waals surface area contributed by atoms with Gasteiger partial charge in [-0.2, -0.15) is 0 Å². The third-order valence-corrected chi connectivity index (χ3v) is 3.99. The van der Waals surface area contributed by atoms with Crippen molar-refractivity contribution in [1.29, 1.82) is 0 Å². The molecule has 0 spiro atoms. The van der Waals surface area contributed by atoms with Crippen molar-refractivity contribution in [2.45, 2.75) is 6.54 Å². The average molecular weight is 379 g/mol. The summed E-state index contributed by atoms with van der Waals surface area (Å²) < 4.78 is 31.4. The number of pyridine rings is 1. The topological polar surface area (TPSA) is 71.2 Å². The molecule has 2 aromatic carbocycles. The first-order valence-electron chi connectivity index (χ1n) is 7.51. The van der Waals surface area contributed by atoms with Crippen LogP contribution in [-0.4, -0.2) is 18.1 Å². The molecule has 0 amide bonds. The second-order valence-corrected chi connectivity index (χ2v) is 5.95. The summed E-state index contributed by atoms with van der Waals surface area (Å²) in [6.07, 6.45) is 0. The van der Waals surface area contributed by atoms with Gasteiger partial charge in [0.25, 0.3) is 5.56 Å². The normalized spacial score (nSPS) is 10.8. The van der Waals surface area contributed by atoms with Gasteiger partial charge in [-0.05, 0) is 35.9 Å². The van der Waals surface area contributed by atoms with Crippen molar-refractivity contribution in [3.05, 3.63) is 74.5 Å². The molecule has 0 saturated carbocycles. The molecule has 0 unspecified atom stereocenters. The van der Waals surface area contributed by atoms with E-state index in [4.69, 9.17) is 11.6 Å². The van der Waals surface area contributed by atoms with Gasteiger partial charge in [0, 0.05) is 23.0 Å². The van der Waals surface area contributed by atoms with Gasteiger partial charge in [-0.15, -0.1) is 0 Å². The van der Waals surface area contributed by atoms with Gasteiger partial charge in [0.1, 0.15) is 17.2 Å². The molecule has 0 bridgehead atoms. The van der Waals surface area contributed by atoms with Crippen molar-refractivity contribution in [3.63, 3.8) is 0 Å². The fourth-order valence-corrected chi connectivity index (χ4v) is 2.82. The summed E-state index contributed by atoms with van der Waals surface area (Å²) in [5, 5.41) is 3.75. The van der Waals surface area contributed by atoms with E-state index in [2.05, 4.69) is 15.0 Å². The highest BCUT2D eigenvalue weighted by molar-refractivity contribution is 6.31. The van der Waals surface area contributed by atoms with Crippen molar-refractivity contribution in [2.75, 3.05) is 12.4 Å². The lowest BCUT2D eigenvalue weighted by atomic mass is 10.1. The summed E-state index contributed by atoms with van der Waals surface area (Å²) >= 11 is 6.02. The van der Waals surface area contributed by atoms with Crippen LogP contribution in [0.3, 0.4) is 0 Å². The number of hydrogen-bond donors (Lipinski definition) is 2. The number of anilines is 1. The Hall–Kier alpha value is -2.93. The average Bonchev–Trinajstić information content (AvgIpc) is 2.58. The molecule has 1 aromatic heterocycles. The predicted molar refractivity (Wildman–Crippen MR) is 94.6 cm³/mol. The molecule has 3 rings (SSSR count). The van der Waals surface area contributed by atoms with Gasteiger partial charge in [-0.3, -0.25) is 4.79 Å². The highest BCUT2D eigenvalue weighted by Gasteiger charge is 2.20. The Morgan fingerprint density at radius 3 is 2.54 bits per heavy atom. The number of fused-ring (bicyclic) bond motifs is 1. The maximum absolute atomic E-state index is 13.4. The zero-order chi connectivity index (χ0) is 18.8. The van der Waals surface area contributed by atoms with E-state index < -0.39 is 23.2 Å². The van der Waals surface area contributed by atoms with Crippen molar-refractivity contribution in [3.8, 4) is 0 Å². The zero-order valence-electron chi connectivity index (χ0n) is 13.5. The van der Waals surface area contributed by atoms with Gasteiger partial charge in [0.05, 0.1) is 18.3 Å². The number of methoxy groups -OCH3 is 1. The Bertz CT molecular complexity index is 1050. The Balaban J connectivity index is 2.13. The SMILES string of the molecule is COC(=O)c1c(NCc2cc(F)cc(F)c2)c2cc(Cl)ccc2[nH]c1=O. The van der Waals surface area contributed by atoms with Gasteiger partial charge in [-0.1, -0.05) is 11.6 Å². The number of hydrogen-bond acceptors (Lipinski definition) is 4. The first-order valence-corrected chi connectivity index (χ1v) is 7.89. The van der Waals surface area contributed by atoms with E-state index in [1.807, 2.05) is 0 Å². The van der Waals surface area contributed by atoms with Crippen LogP contribution >= 0.6 is 11.6 Å². The third-order valence-electron chi connectivity index (χ3n) is 3.76. The maximum Gasteiger partial charge on any atom is 0.345 e. The first kappa shape index (κ1) is 17.9. The molecule has 3 aromatic rings. The van der Waals surface area contributed by atoms with Crippen LogP contribution in [0.5, 0.6) is 0 Å².